The van der Waals surface area contributed by atoms with Crippen molar-refractivity contribution in [1.82, 2.24) is 4.90 Å². The number of alkyl halides is 1. The lowest BCUT2D eigenvalue weighted by molar-refractivity contribution is -0.135. The van der Waals surface area contributed by atoms with Crippen molar-refractivity contribution in [1.29, 1.82) is 0 Å². The van der Waals surface area contributed by atoms with E-state index in [4.69, 9.17) is 0 Å². The monoisotopic (exact) mass is 301 g/mol. The molecule has 0 saturated heterocycles. The van der Waals surface area contributed by atoms with Gasteiger partial charge in [-0.25, -0.2) is 0 Å². The Morgan fingerprint density at radius 3 is 2.65 bits per heavy atom. The van der Waals surface area contributed by atoms with Crippen LogP contribution in [-0.2, 0) is 4.79 Å². The summed E-state index contributed by atoms with van der Waals surface area (Å²) in [6.07, 6.45) is 8.77. The molecule has 1 amide bonds. The molecule has 2 fully saturated rings. The Morgan fingerprint density at radius 2 is 2.06 bits per heavy atom. The number of rotatable bonds is 6. The van der Waals surface area contributed by atoms with Gasteiger partial charge in [0.15, 0.2) is 0 Å². The van der Waals surface area contributed by atoms with E-state index in [2.05, 4.69) is 15.9 Å². The van der Waals surface area contributed by atoms with E-state index < -0.39 is 0 Å². The molecule has 2 rings (SSSR count). The highest BCUT2D eigenvalue weighted by molar-refractivity contribution is 9.09. The highest BCUT2D eigenvalue weighted by Gasteiger charge is 2.43. The average molecular weight is 302 g/mol. The SMILES string of the molecule is CN(CCCCCBr)C(=O)C1CC2CCC1C2. The van der Waals surface area contributed by atoms with Gasteiger partial charge in [0.25, 0.3) is 0 Å². The van der Waals surface area contributed by atoms with Gasteiger partial charge in [-0.1, -0.05) is 28.8 Å². The van der Waals surface area contributed by atoms with Gasteiger partial charge >= 0.3 is 0 Å². The van der Waals surface area contributed by atoms with Crippen LogP contribution in [0.3, 0.4) is 0 Å². The Bertz CT molecular complexity index is 269. The lowest BCUT2D eigenvalue weighted by Gasteiger charge is -2.26. The molecule has 0 aromatic carbocycles. The van der Waals surface area contributed by atoms with E-state index in [1.54, 1.807) is 0 Å². The number of nitrogens with zero attached hydrogens (tertiary/aromatic N) is 1. The number of carbonyl (C=O) groups excluding carboxylic acids is 1. The normalized spacial score (nSPS) is 30.8. The van der Waals surface area contributed by atoms with Crippen LogP contribution in [0.25, 0.3) is 0 Å². The standard InChI is InChI=1S/C14H24BrNO/c1-16(8-4-2-3-7-15)14(17)13-10-11-5-6-12(13)9-11/h11-13H,2-10H2,1H3. The van der Waals surface area contributed by atoms with Crippen LogP contribution in [0.2, 0.25) is 0 Å². The lowest BCUT2D eigenvalue weighted by atomic mass is 9.88. The Kier molecular flexibility index (Phi) is 4.89. The van der Waals surface area contributed by atoms with Gasteiger partial charge in [0.2, 0.25) is 5.91 Å². The molecule has 0 N–H and O–H groups in total. The summed E-state index contributed by atoms with van der Waals surface area (Å²) in [4.78, 5) is 14.3. The zero-order valence-corrected chi connectivity index (χ0v) is 12.4. The molecule has 0 aromatic rings. The first-order valence-electron chi connectivity index (χ1n) is 7.03. The average Bonchev–Trinajstić information content (AvgIpc) is 2.95. The molecule has 0 spiro atoms. The van der Waals surface area contributed by atoms with E-state index in [0.717, 1.165) is 30.1 Å². The molecule has 2 bridgehead atoms. The molecule has 3 unspecified atom stereocenters. The molecule has 3 heteroatoms. The number of hydrogen-bond donors (Lipinski definition) is 0. The molecule has 3 atom stereocenters. The number of unbranched alkanes of at least 4 members (excludes halogenated alkanes) is 2. The first-order chi connectivity index (χ1) is 8.22. The highest BCUT2D eigenvalue weighted by atomic mass is 79.9. The Balaban J connectivity index is 1.72. The van der Waals surface area contributed by atoms with Crippen LogP contribution in [-0.4, -0.2) is 29.7 Å². The first-order valence-corrected chi connectivity index (χ1v) is 8.15. The smallest absolute Gasteiger partial charge is 0.225 e. The molecule has 98 valence electrons. The van der Waals surface area contributed by atoms with Gasteiger partial charge in [0.05, 0.1) is 0 Å². The Labute approximate surface area is 113 Å². The lowest BCUT2D eigenvalue weighted by Crippen LogP contribution is -2.36. The van der Waals surface area contributed by atoms with Crippen molar-refractivity contribution in [2.24, 2.45) is 17.8 Å². The summed E-state index contributed by atoms with van der Waals surface area (Å²) in [6.45, 7) is 0.944. The molecule has 2 aliphatic rings. The van der Waals surface area contributed by atoms with Crippen molar-refractivity contribution in [2.45, 2.75) is 44.9 Å². The Morgan fingerprint density at radius 1 is 1.24 bits per heavy atom. The molecule has 0 aromatic heterocycles. The minimum Gasteiger partial charge on any atom is -0.346 e. The fraction of sp³-hybridized carbons (Fsp3) is 0.929. The van der Waals surface area contributed by atoms with Gasteiger partial charge in [0, 0.05) is 24.8 Å². The number of carbonyl (C=O) groups is 1. The molecule has 0 aliphatic heterocycles. The van der Waals surface area contributed by atoms with Gasteiger partial charge < -0.3 is 4.90 Å². The van der Waals surface area contributed by atoms with Crippen molar-refractivity contribution < 1.29 is 4.79 Å². The third-order valence-electron chi connectivity index (χ3n) is 4.56. The third-order valence-corrected chi connectivity index (χ3v) is 5.12. The van der Waals surface area contributed by atoms with Gasteiger partial charge in [-0.05, 0) is 43.9 Å². The maximum Gasteiger partial charge on any atom is 0.225 e. The summed E-state index contributed by atoms with van der Waals surface area (Å²) in [7, 11) is 1.99. The second kappa shape index (κ2) is 6.21. The van der Waals surface area contributed by atoms with Crippen LogP contribution >= 0.6 is 15.9 Å². The Hall–Kier alpha value is -0.0500. The summed E-state index contributed by atoms with van der Waals surface area (Å²) in [5.41, 5.74) is 0. The summed E-state index contributed by atoms with van der Waals surface area (Å²) in [6, 6.07) is 0. The minimum absolute atomic E-state index is 0.370. The van der Waals surface area contributed by atoms with Crippen LogP contribution in [0.15, 0.2) is 0 Å². The second-order valence-electron chi connectivity index (χ2n) is 5.79. The molecule has 2 aliphatic carbocycles. The van der Waals surface area contributed by atoms with Gasteiger partial charge in [-0.2, -0.15) is 0 Å². The van der Waals surface area contributed by atoms with Crippen LogP contribution in [0.5, 0.6) is 0 Å². The van der Waals surface area contributed by atoms with Gasteiger partial charge in [0.1, 0.15) is 0 Å². The van der Waals surface area contributed by atoms with Crippen LogP contribution in [0, 0.1) is 17.8 Å². The minimum atomic E-state index is 0.370. The van der Waals surface area contributed by atoms with Gasteiger partial charge in [-0.15, -0.1) is 0 Å². The number of fused-ring (bicyclic) bond motifs is 2. The van der Waals surface area contributed by atoms with E-state index >= 15 is 0 Å². The van der Waals surface area contributed by atoms with Crippen LogP contribution in [0.4, 0.5) is 0 Å². The van der Waals surface area contributed by atoms with E-state index in [1.807, 2.05) is 11.9 Å². The number of halogens is 1. The topological polar surface area (TPSA) is 20.3 Å². The van der Waals surface area contributed by atoms with E-state index in [9.17, 15) is 4.79 Å². The molecule has 0 radical (unpaired) electrons. The number of hydrogen-bond acceptors (Lipinski definition) is 1. The second-order valence-corrected chi connectivity index (χ2v) is 6.58. The summed E-state index contributed by atoms with van der Waals surface area (Å²) in [5, 5.41) is 1.08. The molecular formula is C14H24BrNO. The van der Waals surface area contributed by atoms with E-state index in [-0.39, 0.29) is 0 Å². The molecule has 2 saturated carbocycles. The summed E-state index contributed by atoms with van der Waals surface area (Å²) >= 11 is 3.44. The zero-order valence-electron chi connectivity index (χ0n) is 10.8. The van der Waals surface area contributed by atoms with Gasteiger partial charge in [-0.3, -0.25) is 4.79 Å². The quantitative estimate of drug-likeness (QED) is 0.543. The van der Waals surface area contributed by atoms with Crippen LogP contribution < -0.4 is 0 Å². The molecule has 0 heterocycles. The predicted octanol–water partition coefficient (Wildman–Crippen LogP) is 3.45. The maximum atomic E-state index is 12.3. The van der Waals surface area contributed by atoms with Crippen molar-refractivity contribution in [3.05, 3.63) is 0 Å². The van der Waals surface area contributed by atoms with E-state index in [0.29, 0.717) is 11.8 Å². The summed E-state index contributed by atoms with van der Waals surface area (Å²) < 4.78 is 0. The third kappa shape index (κ3) is 3.24. The molecular weight excluding hydrogens is 278 g/mol. The largest absolute Gasteiger partial charge is 0.346 e. The fourth-order valence-electron chi connectivity index (χ4n) is 3.56. The first kappa shape index (κ1) is 13.4. The van der Waals surface area contributed by atoms with Crippen molar-refractivity contribution >= 4 is 21.8 Å². The van der Waals surface area contributed by atoms with Crippen molar-refractivity contribution in [2.75, 3.05) is 18.9 Å². The maximum absolute atomic E-state index is 12.3. The van der Waals surface area contributed by atoms with Crippen LogP contribution in [0.1, 0.15) is 44.9 Å². The van der Waals surface area contributed by atoms with Crippen molar-refractivity contribution in [3.8, 4) is 0 Å². The van der Waals surface area contributed by atoms with E-state index in [1.165, 1.54) is 38.5 Å². The zero-order chi connectivity index (χ0) is 12.3. The molecule has 2 nitrogen and oxygen atoms in total. The molecule has 17 heavy (non-hydrogen) atoms. The number of amides is 1. The van der Waals surface area contributed by atoms with Crippen molar-refractivity contribution in [3.63, 3.8) is 0 Å². The summed E-state index contributed by atoms with van der Waals surface area (Å²) in [5.74, 6) is 2.39. The fourth-order valence-corrected chi connectivity index (χ4v) is 3.96. The predicted molar refractivity (Wildman–Crippen MR) is 74.2 cm³/mol. The highest BCUT2D eigenvalue weighted by Crippen LogP contribution is 2.48.